The summed E-state index contributed by atoms with van der Waals surface area (Å²) in [5.41, 5.74) is 4.28. The topological polar surface area (TPSA) is 66.4 Å². The van der Waals surface area contributed by atoms with Gasteiger partial charge in [-0.3, -0.25) is 0 Å². The van der Waals surface area contributed by atoms with E-state index >= 15 is 0 Å². The Morgan fingerprint density at radius 1 is 1.03 bits per heavy atom. The SMILES string of the molecule is COC(=O)C1(C)OCC(CCCCON=C(C)c2ccc(-c3ccccc3)cc2)CO1. The minimum Gasteiger partial charge on any atom is -0.465 e. The first-order chi connectivity index (χ1) is 15.0. The molecule has 1 heterocycles. The van der Waals surface area contributed by atoms with Crippen molar-refractivity contribution < 1.29 is 23.8 Å². The molecule has 0 atom stereocenters. The highest BCUT2D eigenvalue weighted by Gasteiger charge is 2.41. The molecule has 0 aromatic heterocycles. The van der Waals surface area contributed by atoms with Crippen LogP contribution in [0.1, 0.15) is 38.7 Å². The molecule has 1 aliphatic rings. The van der Waals surface area contributed by atoms with Crippen molar-refractivity contribution in [1.29, 1.82) is 0 Å². The molecular formula is C25H31NO5. The van der Waals surface area contributed by atoms with Crippen LogP contribution in [0.5, 0.6) is 0 Å². The van der Waals surface area contributed by atoms with Crippen LogP contribution in [0.2, 0.25) is 0 Å². The van der Waals surface area contributed by atoms with E-state index in [1.54, 1.807) is 6.92 Å². The van der Waals surface area contributed by atoms with Gasteiger partial charge >= 0.3 is 5.97 Å². The third-order valence-corrected chi connectivity index (χ3v) is 5.45. The van der Waals surface area contributed by atoms with E-state index in [0.717, 1.165) is 30.5 Å². The molecule has 1 fully saturated rings. The maximum atomic E-state index is 11.7. The first-order valence-electron chi connectivity index (χ1n) is 10.7. The molecule has 0 radical (unpaired) electrons. The summed E-state index contributed by atoms with van der Waals surface area (Å²) in [4.78, 5) is 17.2. The van der Waals surface area contributed by atoms with Gasteiger partial charge in [0.05, 0.1) is 26.0 Å². The Balaban J connectivity index is 1.34. The first-order valence-corrected chi connectivity index (χ1v) is 10.7. The molecule has 3 rings (SSSR count). The third-order valence-electron chi connectivity index (χ3n) is 5.45. The molecule has 0 N–H and O–H groups in total. The Bertz CT molecular complexity index is 855. The summed E-state index contributed by atoms with van der Waals surface area (Å²) in [6.45, 7) is 5.09. The van der Waals surface area contributed by atoms with Gasteiger partial charge in [0.2, 0.25) is 0 Å². The number of hydrogen-bond donors (Lipinski definition) is 0. The molecule has 6 nitrogen and oxygen atoms in total. The van der Waals surface area contributed by atoms with Gasteiger partial charge in [-0.1, -0.05) is 59.8 Å². The van der Waals surface area contributed by atoms with Crippen LogP contribution in [0.25, 0.3) is 11.1 Å². The van der Waals surface area contributed by atoms with Gasteiger partial charge in [-0.05, 0) is 42.9 Å². The van der Waals surface area contributed by atoms with Crippen LogP contribution in [-0.2, 0) is 23.8 Å². The summed E-state index contributed by atoms with van der Waals surface area (Å²) in [7, 11) is 1.33. The molecule has 0 amide bonds. The zero-order valence-corrected chi connectivity index (χ0v) is 18.5. The van der Waals surface area contributed by atoms with Crippen molar-refractivity contribution >= 4 is 11.7 Å². The standard InChI is InChI=1S/C25H31NO5/c1-19(21-12-14-23(15-13-21)22-10-5-4-6-11-22)26-31-16-8-7-9-20-17-29-25(2,30-18-20)24(27)28-3/h4-6,10-15,20H,7-9,16-18H2,1-3H3. The molecule has 2 aromatic carbocycles. The summed E-state index contributed by atoms with van der Waals surface area (Å²) in [5.74, 6) is -1.51. The molecule has 0 bridgehead atoms. The van der Waals surface area contributed by atoms with E-state index in [0.29, 0.717) is 19.8 Å². The van der Waals surface area contributed by atoms with Crippen molar-refractivity contribution in [3.05, 3.63) is 60.2 Å². The quantitative estimate of drug-likeness (QED) is 0.249. The second kappa shape index (κ2) is 11.1. The number of rotatable bonds is 9. The number of nitrogens with zero attached hydrogens (tertiary/aromatic N) is 1. The Morgan fingerprint density at radius 2 is 1.68 bits per heavy atom. The zero-order valence-electron chi connectivity index (χ0n) is 18.5. The second-order valence-electron chi connectivity index (χ2n) is 7.87. The number of esters is 1. The Hall–Kier alpha value is -2.70. The Morgan fingerprint density at radius 3 is 2.32 bits per heavy atom. The van der Waals surface area contributed by atoms with Crippen molar-refractivity contribution in [2.24, 2.45) is 11.1 Å². The normalized spacial score (nSPS) is 21.5. The molecule has 166 valence electrons. The predicted molar refractivity (Wildman–Crippen MR) is 120 cm³/mol. The smallest absolute Gasteiger partial charge is 0.366 e. The monoisotopic (exact) mass is 425 g/mol. The molecule has 0 saturated carbocycles. The van der Waals surface area contributed by atoms with Crippen LogP contribution < -0.4 is 0 Å². The van der Waals surface area contributed by atoms with E-state index < -0.39 is 11.8 Å². The van der Waals surface area contributed by atoms with Gasteiger partial charge in [0.15, 0.2) is 0 Å². The van der Waals surface area contributed by atoms with Crippen molar-refractivity contribution in [2.75, 3.05) is 26.9 Å². The number of benzene rings is 2. The number of carbonyl (C=O) groups excluding carboxylic acids is 1. The van der Waals surface area contributed by atoms with E-state index in [1.807, 2.05) is 25.1 Å². The molecule has 1 aliphatic heterocycles. The lowest BCUT2D eigenvalue weighted by Crippen LogP contribution is -2.48. The summed E-state index contributed by atoms with van der Waals surface area (Å²) >= 11 is 0. The number of ether oxygens (including phenoxy) is 3. The van der Waals surface area contributed by atoms with Crippen LogP contribution in [-0.4, -0.2) is 44.4 Å². The van der Waals surface area contributed by atoms with E-state index in [-0.39, 0.29) is 5.92 Å². The second-order valence-corrected chi connectivity index (χ2v) is 7.87. The fraction of sp³-hybridized carbons (Fsp3) is 0.440. The summed E-state index contributed by atoms with van der Waals surface area (Å²) in [5, 5.41) is 4.24. The zero-order chi connectivity index (χ0) is 22.1. The fourth-order valence-corrected chi connectivity index (χ4v) is 3.44. The molecule has 1 saturated heterocycles. The number of unbranched alkanes of at least 4 members (excludes halogenated alkanes) is 1. The van der Waals surface area contributed by atoms with Crippen molar-refractivity contribution in [3.8, 4) is 11.1 Å². The van der Waals surface area contributed by atoms with Crippen LogP contribution in [0.15, 0.2) is 59.8 Å². The van der Waals surface area contributed by atoms with E-state index in [1.165, 1.54) is 18.2 Å². The molecule has 6 heteroatoms. The highest BCUT2D eigenvalue weighted by Crippen LogP contribution is 2.25. The minimum atomic E-state index is -1.28. The van der Waals surface area contributed by atoms with Crippen molar-refractivity contribution in [1.82, 2.24) is 0 Å². The number of hydrogen-bond acceptors (Lipinski definition) is 6. The summed E-state index contributed by atoms with van der Waals surface area (Å²) in [6, 6.07) is 18.6. The van der Waals surface area contributed by atoms with Gasteiger partial charge in [0.1, 0.15) is 6.61 Å². The van der Waals surface area contributed by atoms with Gasteiger partial charge < -0.3 is 19.0 Å². The van der Waals surface area contributed by atoms with Crippen LogP contribution >= 0.6 is 0 Å². The van der Waals surface area contributed by atoms with Gasteiger partial charge in [0.25, 0.3) is 5.79 Å². The highest BCUT2D eigenvalue weighted by molar-refractivity contribution is 5.98. The summed E-state index contributed by atoms with van der Waals surface area (Å²) < 4.78 is 15.9. The maximum Gasteiger partial charge on any atom is 0.366 e. The van der Waals surface area contributed by atoms with Crippen LogP contribution in [0.3, 0.4) is 0 Å². The van der Waals surface area contributed by atoms with E-state index in [9.17, 15) is 4.79 Å². The maximum absolute atomic E-state index is 11.7. The van der Waals surface area contributed by atoms with Crippen molar-refractivity contribution in [3.63, 3.8) is 0 Å². The average Bonchev–Trinajstić information content (AvgIpc) is 2.82. The lowest BCUT2D eigenvalue weighted by Gasteiger charge is -2.35. The largest absolute Gasteiger partial charge is 0.465 e. The lowest BCUT2D eigenvalue weighted by molar-refractivity contribution is -0.272. The van der Waals surface area contributed by atoms with Gasteiger partial charge in [-0.25, -0.2) is 4.79 Å². The van der Waals surface area contributed by atoms with Gasteiger partial charge in [-0.15, -0.1) is 0 Å². The highest BCUT2D eigenvalue weighted by atomic mass is 16.7. The Kier molecular flexibility index (Phi) is 8.20. The summed E-state index contributed by atoms with van der Waals surface area (Å²) in [6.07, 6.45) is 2.82. The molecule has 0 unspecified atom stereocenters. The van der Waals surface area contributed by atoms with E-state index in [4.69, 9.17) is 19.0 Å². The molecule has 31 heavy (non-hydrogen) atoms. The fourth-order valence-electron chi connectivity index (χ4n) is 3.44. The number of methoxy groups -OCH3 is 1. The third kappa shape index (κ3) is 6.39. The van der Waals surface area contributed by atoms with E-state index in [2.05, 4.69) is 41.6 Å². The van der Waals surface area contributed by atoms with Crippen LogP contribution in [0.4, 0.5) is 0 Å². The number of oxime groups is 1. The van der Waals surface area contributed by atoms with Crippen LogP contribution in [0, 0.1) is 5.92 Å². The van der Waals surface area contributed by atoms with Gasteiger partial charge in [-0.2, -0.15) is 0 Å². The van der Waals surface area contributed by atoms with Gasteiger partial charge in [0, 0.05) is 12.8 Å². The molecule has 0 aliphatic carbocycles. The molecule has 0 spiro atoms. The molecular weight excluding hydrogens is 394 g/mol. The van der Waals surface area contributed by atoms with Crippen molar-refractivity contribution in [2.45, 2.75) is 38.9 Å². The lowest BCUT2D eigenvalue weighted by atomic mass is 10.0. The molecule has 2 aromatic rings. The number of carbonyl (C=O) groups is 1. The minimum absolute atomic E-state index is 0.270. The predicted octanol–water partition coefficient (Wildman–Crippen LogP) is 4.82. The first kappa shape index (κ1) is 23.0. The Labute approximate surface area is 184 Å². The average molecular weight is 426 g/mol.